The van der Waals surface area contributed by atoms with Gasteiger partial charge in [0.1, 0.15) is 17.3 Å². The van der Waals surface area contributed by atoms with Crippen LogP contribution in [0.2, 0.25) is 0 Å². The summed E-state index contributed by atoms with van der Waals surface area (Å²) in [6.45, 7) is 5.89. The molecule has 0 bridgehead atoms. The molecule has 29 heavy (non-hydrogen) atoms. The summed E-state index contributed by atoms with van der Waals surface area (Å²) in [6.07, 6.45) is 4.96. The number of amides is 1. The SMILES string of the molecule is O=C(NCCCN1CCOCC1)c1nc(-c2cccc(F)c2)n2c1CCCCC2. The molecule has 0 radical (unpaired) electrons. The summed E-state index contributed by atoms with van der Waals surface area (Å²) in [7, 11) is 0. The van der Waals surface area contributed by atoms with Crippen molar-refractivity contribution in [2.75, 3.05) is 39.4 Å². The molecule has 0 spiro atoms. The van der Waals surface area contributed by atoms with Gasteiger partial charge >= 0.3 is 0 Å². The maximum atomic E-state index is 13.8. The van der Waals surface area contributed by atoms with Gasteiger partial charge in [-0.1, -0.05) is 18.6 Å². The van der Waals surface area contributed by atoms with Crippen molar-refractivity contribution in [3.8, 4) is 11.4 Å². The van der Waals surface area contributed by atoms with Gasteiger partial charge in [0.2, 0.25) is 0 Å². The van der Waals surface area contributed by atoms with E-state index in [0.717, 1.165) is 82.8 Å². The summed E-state index contributed by atoms with van der Waals surface area (Å²) in [4.78, 5) is 19.9. The van der Waals surface area contributed by atoms with E-state index in [-0.39, 0.29) is 11.7 Å². The van der Waals surface area contributed by atoms with Crippen LogP contribution in [-0.4, -0.2) is 59.8 Å². The van der Waals surface area contributed by atoms with Crippen LogP contribution in [0.5, 0.6) is 0 Å². The highest BCUT2D eigenvalue weighted by Crippen LogP contribution is 2.27. The lowest BCUT2D eigenvalue weighted by Gasteiger charge is -2.26. The number of nitrogens with one attached hydrogen (secondary N) is 1. The van der Waals surface area contributed by atoms with Crippen molar-refractivity contribution >= 4 is 5.91 Å². The van der Waals surface area contributed by atoms with E-state index in [1.165, 1.54) is 12.1 Å². The minimum absolute atomic E-state index is 0.125. The summed E-state index contributed by atoms with van der Waals surface area (Å²) >= 11 is 0. The topological polar surface area (TPSA) is 59.4 Å². The molecular formula is C22H29FN4O2. The van der Waals surface area contributed by atoms with Gasteiger partial charge in [0.05, 0.1) is 18.9 Å². The van der Waals surface area contributed by atoms with Crippen LogP contribution in [0.15, 0.2) is 24.3 Å². The Morgan fingerprint density at radius 3 is 2.86 bits per heavy atom. The summed E-state index contributed by atoms with van der Waals surface area (Å²) in [5.74, 6) is 0.280. The van der Waals surface area contributed by atoms with Crippen molar-refractivity contribution in [2.24, 2.45) is 0 Å². The zero-order valence-corrected chi connectivity index (χ0v) is 16.8. The molecule has 6 nitrogen and oxygen atoms in total. The van der Waals surface area contributed by atoms with Crippen LogP contribution in [0.1, 0.15) is 41.9 Å². The van der Waals surface area contributed by atoms with Crippen LogP contribution in [0.25, 0.3) is 11.4 Å². The number of imidazole rings is 1. The van der Waals surface area contributed by atoms with Gasteiger partial charge in [0, 0.05) is 31.7 Å². The molecule has 1 aromatic heterocycles. The van der Waals surface area contributed by atoms with Crippen LogP contribution in [-0.2, 0) is 17.7 Å². The highest BCUT2D eigenvalue weighted by Gasteiger charge is 2.24. The van der Waals surface area contributed by atoms with Gasteiger partial charge in [-0.25, -0.2) is 9.37 Å². The maximum absolute atomic E-state index is 13.8. The average molecular weight is 400 g/mol. The zero-order valence-electron chi connectivity index (χ0n) is 16.8. The third-order valence-corrected chi connectivity index (χ3v) is 5.71. The molecule has 0 saturated carbocycles. The number of morpholine rings is 1. The van der Waals surface area contributed by atoms with Crippen LogP contribution in [0, 0.1) is 5.82 Å². The van der Waals surface area contributed by atoms with Crippen molar-refractivity contribution in [1.82, 2.24) is 19.8 Å². The molecule has 0 atom stereocenters. The van der Waals surface area contributed by atoms with Crippen LogP contribution in [0.3, 0.4) is 0 Å². The molecule has 7 heteroatoms. The first-order chi connectivity index (χ1) is 14.2. The maximum Gasteiger partial charge on any atom is 0.271 e. The lowest BCUT2D eigenvalue weighted by Crippen LogP contribution is -2.38. The van der Waals surface area contributed by atoms with E-state index in [1.54, 1.807) is 6.07 Å². The van der Waals surface area contributed by atoms with Gasteiger partial charge in [0.15, 0.2) is 0 Å². The molecule has 2 aromatic rings. The molecule has 3 heterocycles. The van der Waals surface area contributed by atoms with Gasteiger partial charge in [-0.3, -0.25) is 9.69 Å². The molecule has 1 saturated heterocycles. The number of fused-ring (bicyclic) bond motifs is 1. The Labute approximate surface area is 171 Å². The number of halogens is 1. The first-order valence-corrected chi connectivity index (χ1v) is 10.7. The third kappa shape index (κ3) is 4.85. The van der Waals surface area contributed by atoms with E-state index in [1.807, 2.05) is 6.07 Å². The number of hydrogen-bond acceptors (Lipinski definition) is 4. The Balaban J connectivity index is 1.46. The monoisotopic (exact) mass is 400 g/mol. The fourth-order valence-electron chi connectivity index (χ4n) is 4.16. The molecule has 2 aliphatic heterocycles. The molecular weight excluding hydrogens is 371 g/mol. The summed E-state index contributed by atoms with van der Waals surface area (Å²) < 4.78 is 21.2. The molecule has 156 valence electrons. The fraction of sp³-hybridized carbons (Fsp3) is 0.545. The highest BCUT2D eigenvalue weighted by atomic mass is 19.1. The zero-order chi connectivity index (χ0) is 20.1. The van der Waals surface area contributed by atoms with Gasteiger partial charge in [0.25, 0.3) is 5.91 Å². The van der Waals surface area contributed by atoms with E-state index < -0.39 is 0 Å². The number of nitrogens with zero attached hydrogens (tertiary/aromatic N) is 3. The minimum Gasteiger partial charge on any atom is -0.379 e. The summed E-state index contributed by atoms with van der Waals surface area (Å²) in [6, 6.07) is 6.46. The number of carbonyl (C=O) groups excluding carboxylic acids is 1. The Morgan fingerprint density at radius 1 is 1.17 bits per heavy atom. The van der Waals surface area contributed by atoms with Gasteiger partial charge in [-0.15, -0.1) is 0 Å². The largest absolute Gasteiger partial charge is 0.379 e. The lowest BCUT2D eigenvalue weighted by molar-refractivity contribution is 0.0374. The predicted octanol–water partition coefficient (Wildman–Crippen LogP) is 2.87. The second kappa shape index (κ2) is 9.50. The second-order valence-electron chi connectivity index (χ2n) is 7.77. The van der Waals surface area contributed by atoms with E-state index in [2.05, 4.69) is 19.8 Å². The predicted molar refractivity (Wildman–Crippen MR) is 109 cm³/mol. The van der Waals surface area contributed by atoms with Crippen LogP contribution in [0.4, 0.5) is 4.39 Å². The molecule has 1 fully saturated rings. The van der Waals surface area contributed by atoms with Gasteiger partial charge in [-0.2, -0.15) is 0 Å². The standard InChI is InChI=1S/C22H29FN4O2/c23-18-7-4-6-17(16-18)21-25-20(19-8-2-1-3-11-27(19)21)22(28)24-9-5-10-26-12-14-29-15-13-26/h4,6-7,16H,1-3,5,8-15H2,(H,24,28). The van der Waals surface area contributed by atoms with Crippen molar-refractivity contribution in [3.63, 3.8) is 0 Å². The highest BCUT2D eigenvalue weighted by molar-refractivity contribution is 5.94. The molecule has 1 N–H and O–H groups in total. The van der Waals surface area contributed by atoms with Crippen LogP contribution >= 0.6 is 0 Å². The fourth-order valence-corrected chi connectivity index (χ4v) is 4.16. The summed E-state index contributed by atoms with van der Waals surface area (Å²) in [5.41, 5.74) is 2.20. The van der Waals surface area contributed by atoms with Crippen molar-refractivity contribution < 1.29 is 13.9 Å². The smallest absolute Gasteiger partial charge is 0.271 e. The Morgan fingerprint density at radius 2 is 2.03 bits per heavy atom. The number of benzene rings is 1. The van der Waals surface area contributed by atoms with E-state index in [4.69, 9.17) is 4.74 Å². The average Bonchev–Trinajstić information content (AvgIpc) is 2.93. The van der Waals surface area contributed by atoms with Gasteiger partial charge in [-0.05, 0) is 44.4 Å². The minimum atomic E-state index is -0.289. The Kier molecular flexibility index (Phi) is 6.56. The van der Waals surface area contributed by atoms with E-state index >= 15 is 0 Å². The second-order valence-corrected chi connectivity index (χ2v) is 7.77. The van der Waals surface area contributed by atoms with Gasteiger partial charge < -0.3 is 14.6 Å². The van der Waals surface area contributed by atoms with Crippen molar-refractivity contribution in [2.45, 2.75) is 38.6 Å². The number of carbonyl (C=O) groups is 1. The Hall–Kier alpha value is -2.25. The number of aromatic nitrogens is 2. The number of rotatable bonds is 6. The number of hydrogen-bond donors (Lipinski definition) is 1. The first-order valence-electron chi connectivity index (χ1n) is 10.7. The molecule has 0 aliphatic carbocycles. The molecule has 2 aliphatic rings. The first kappa shape index (κ1) is 20.0. The lowest BCUT2D eigenvalue weighted by atomic mass is 10.1. The van der Waals surface area contributed by atoms with Crippen LogP contribution < -0.4 is 5.32 Å². The summed E-state index contributed by atoms with van der Waals surface area (Å²) in [5, 5.41) is 3.04. The molecule has 1 aromatic carbocycles. The number of ether oxygens (including phenoxy) is 1. The molecule has 1 amide bonds. The quantitative estimate of drug-likeness (QED) is 0.758. The van der Waals surface area contributed by atoms with Crippen molar-refractivity contribution in [3.05, 3.63) is 41.5 Å². The Bertz CT molecular complexity index is 845. The van der Waals surface area contributed by atoms with Crippen molar-refractivity contribution in [1.29, 1.82) is 0 Å². The van der Waals surface area contributed by atoms with E-state index in [0.29, 0.717) is 18.1 Å². The molecule has 0 unspecified atom stereocenters. The normalized spacial score (nSPS) is 17.6. The molecule has 4 rings (SSSR count). The third-order valence-electron chi connectivity index (χ3n) is 5.71. The van der Waals surface area contributed by atoms with E-state index in [9.17, 15) is 9.18 Å².